The second-order valence-corrected chi connectivity index (χ2v) is 6.46. The molecule has 2 heteroatoms. The number of benzene rings is 1. The van der Waals surface area contributed by atoms with E-state index in [0.29, 0.717) is 12.0 Å². The van der Waals surface area contributed by atoms with Crippen LogP contribution >= 0.6 is 0 Å². The van der Waals surface area contributed by atoms with E-state index in [0.717, 1.165) is 18.5 Å². The number of aliphatic hydroxyl groups is 1. The maximum atomic E-state index is 10.6. The molecule has 0 aliphatic heterocycles. The highest BCUT2D eigenvalue weighted by atomic mass is 16.3. The summed E-state index contributed by atoms with van der Waals surface area (Å²) in [5.41, 5.74) is 2.33. The predicted octanol–water partition coefficient (Wildman–Crippen LogP) is 4.04. The van der Waals surface area contributed by atoms with Crippen LogP contribution in [0.4, 0.5) is 0 Å². The van der Waals surface area contributed by atoms with Crippen molar-refractivity contribution >= 4 is 0 Å². The first-order chi connectivity index (χ1) is 9.36. The van der Waals surface area contributed by atoms with Crippen LogP contribution in [0.25, 0.3) is 0 Å². The number of aryl methyl sites for hydroxylation is 1. The van der Waals surface area contributed by atoms with Crippen LogP contribution in [0.1, 0.15) is 58.8 Å². The fourth-order valence-corrected chi connectivity index (χ4v) is 2.68. The Morgan fingerprint density at radius 1 is 1.00 bits per heavy atom. The van der Waals surface area contributed by atoms with Gasteiger partial charge in [0.2, 0.25) is 0 Å². The Hall–Kier alpha value is -0.860. The van der Waals surface area contributed by atoms with E-state index in [1.165, 1.54) is 5.56 Å². The number of hydrogen-bond donors (Lipinski definition) is 1. The number of hydrogen-bond acceptors (Lipinski definition) is 2. The van der Waals surface area contributed by atoms with E-state index >= 15 is 0 Å². The van der Waals surface area contributed by atoms with Gasteiger partial charge >= 0.3 is 0 Å². The third-order valence-electron chi connectivity index (χ3n) is 3.95. The van der Waals surface area contributed by atoms with Gasteiger partial charge < -0.3 is 5.11 Å². The molecular formula is C18H31NO. The quantitative estimate of drug-likeness (QED) is 0.813. The largest absolute Gasteiger partial charge is 0.387 e. The third kappa shape index (κ3) is 4.60. The molecule has 0 saturated carbocycles. The zero-order valence-electron chi connectivity index (χ0n) is 13.9. The van der Waals surface area contributed by atoms with Crippen LogP contribution in [0.5, 0.6) is 0 Å². The van der Waals surface area contributed by atoms with Gasteiger partial charge in [-0.05, 0) is 44.2 Å². The predicted molar refractivity (Wildman–Crippen MR) is 86.9 cm³/mol. The summed E-state index contributed by atoms with van der Waals surface area (Å²) in [5.74, 6) is 0.606. The first-order valence-electron chi connectivity index (χ1n) is 7.89. The van der Waals surface area contributed by atoms with Crippen molar-refractivity contribution in [2.24, 2.45) is 5.92 Å². The lowest BCUT2D eigenvalue weighted by atomic mass is 9.98. The Bertz CT molecular complexity index is 383. The molecule has 0 heterocycles. The van der Waals surface area contributed by atoms with Crippen LogP contribution in [0.15, 0.2) is 24.3 Å². The Morgan fingerprint density at radius 2 is 1.55 bits per heavy atom. The molecule has 1 N–H and O–H groups in total. The molecule has 2 atom stereocenters. The maximum Gasteiger partial charge on any atom is 0.0942 e. The first kappa shape index (κ1) is 17.2. The second-order valence-electron chi connectivity index (χ2n) is 6.46. The highest BCUT2D eigenvalue weighted by Crippen LogP contribution is 2.23. The number of nitrogens with zero attached hydrogens (tertiary/aromatic N) is 1. The van der Waals surface area contributed by atoms with Crippen molar-refractivity contribution in [3.63, 3.8) is 0 Å². The summed E-state index contributed by atoms with van der Waals surface area (Å²) >= 11 is 0. The SMILES string of the molecule is CCc1ccc(C(O)C(C)N(CC(C)C)C(C)C)cc1. The highest BCUT2D eigenvalue weighted by Gasteiger charge is 2.25. The molecule has 0 amide bonds. The van der Waals surface area contributed by atoms with Crippen LogP contribution in [0.2, 0.25) is 0 Å². The van der Waals surface area contributed by atoms with Gasteiger partial charge in [0.25, 0.3) is 0 Å². The molecule has 0 aromatic heterocycles. The van der Waals surface area contributed by atoms with E-state index in [9.17, 15) is 5.11 Å². The zero-order valence-corrected chi connectivity index (χ0v) is 13.9. The van der Waals surface area contributed by atoms with Gasteiger partial charge in [-0.3, -0.25) is 4.90 Å². The summed E-state index contributed by atoms with van der Waals surface area (Å²) < 4.78 is 0. The second kappa shape index (κ2) is 7.80. The van der Waals surface area contributed by atoms with Crippen molar-refractivity contribution in [3.05, 3.63) is 35.4 Å². The normalized spacial score (nSPS) is 15.1. The number of aliphatic hydroxyl groups excluding tert-OH is 1. The van der Waals surface area contributed by atoms with Crippen LogP contribution in [-0.2, 0) is 6.42 Å². The number of rotatable bonds is 7. The van der Waals surface area contributed by atoms with E-state index in [1.807, 2.05) is 0 Å². The van der Waals surface area contributed by atoms with Crippen molar-refractivity contribution in [1.82, 2.24) is 4.90 Å². The lowest BCUT2D eigenvalue weighted by molar-refractivity contribution is 0.0332. The molecular weight excluding hydrogens is 246 g/mol. The molecule has 0 spiro atoms. The molecule has 2 nitrogen and oxygen atoms in total. The molecule has 20 heavy (non-hydrogen) atoms. The van der Waals surface area contributed by atoms with Gasteiger partial charge in [-0.2, -0.15) is 0 Å². The lowest BCUT2D eigenvalue weighted by Gasteiger charge is -2.36. The molecule has 2 unspecified atom stereocenters. The van der Waals surface area contributed by atoms with Crippen molar-refractivity contribution in [2.75, 3.05) is 6.54 Å². The van der Waals surface area contributed by atoms with Crippen molar-refractivity contribution < 1.29 is 5.11 Å². The fraction of sp³-hybridized carbons (Fsp3) is 0.667. The summed E-state index contributed by atoms with van der Waals surface area (Å²) in [7, 11) is 0. The molecule has 1 rings (SSSR count). The Kier molecular flexibility index (Phi) is 6.70. The molecule has 1 aromatic carbocycles. The average Bonchev–Trinajstić information content (AvgIpc) is 2.43. The minimum atomic E-state index is -0.429. The van der Waals surface area contributed by atoms with E-state index in [4.69, 9.17) is 0 Å². The average molecular weight is 277 g/mol. The summed E-state index contributed by atoms with van der Waals surface area (Å²) in [6, 6.07) is 8.93. The van der Waals surface area contributed by atoms with Gasteiger partial charge in [0.15, 0.2) is 0 Å². The van der Waals surface area contributed by atoms with Crippen molar-refractivity contribution in [1.29, 1.82) is 0 Å². The summed E-state index contributed by atoms with van der Waals surface area (Å²) in [4.78, 5) is 2.39. The molecule has 0 fully saturated rings. The molecule has 0 bridgehead atoms. The van der Waals surface area contributed by atoms with Gasteiger partial charge in [0.1, 0.15) is 0 Å². The standard InChI is InChI=1S/C18H31NO/c1-7-16-8-10-17(11-9-16)18(20)15(6)19(14(4)5)12-13(2)3/h8-11,13-15,18,20H,7,12H2,1-6H3. The summed E-state index contributed by atoms with van der Waals surface area (Å²) in [6.07, 6.45) is 0.610. The smallest absolute Gasteiger partial charge is 0.0942 e. The fourth-order valence-electron chi connectivity index (χ4n) is 2.68. The van der Waals surface area contributed by atoms with E-state index in [2.05, 4.69) is 70.7 Å². The first-order valence-corrected chi connectivity index (χ1v) is 7.89. The molecule has 1 aromatic rings. The topological polar surface area (TPSA) is 23.5 Å². The van der Waals surface area contributed by atoms with Crippen molar-refractivity contribution in [2.45, 2.75) is 66.2 Å². The molecule has 114 valence electrons. The van der Waals surface area contributed by atoms with Gasteiger partial charge in [0, 0.05) is 18.6 Å². The highest BCUT2D eigenvalue weighted by molar-refractivity contribution is 5.25. The maximum absolute atomic E-state index is 10.6. The van der Waals surface area contributed by atoms with Crippen LogP contribution < -0.4 is 0 Å². The van der Waals surface area contributed by atoms with Gasteiger partial charge in [0.05, 0.1) is 6.10 Å². The van der Waals surface area contributed by atoms with E-state index in [1.54, 1.807) is 0 Å². The van der Waals surface area contributed by atoms with Gasteiger partial charge in [-0.25, -0.2) is 0 Å². The Balaban J connectivity index is 2.83. The Morgan fingerprint density at radius 3 is 1.95 bits per heavy atom. The molecule has 0 radical (unpaired) electrons. The monoisotopic (exact) mass is 277 g/mol. The third-order valence-corrected chi connectivity index (χ3v) is 3.95. The summed E-state index contributed by atoms with van der Waals surface area (Å²) in [6.45, 7) is 14.1. The minimum Gasteiger partial charge on any atom is -0.387 e. The van der Waals surface area contributed by atoms with E-state index in [-0.39, 0.29) is 6.04 Å². The van der Waals surface area contributed by atoms with Gasteiger partial charge in [-0.1, -0.05) is 45.0 Å². The van der Waals surface area contributed by atoms with Crippen molar-refractivity contribution in [3.8, 4) is 0 Å². The minimum absolute atomic E-state index is 0.130. The molecule has 0 aliphatic carbocycles. The van der Waals surface area contributed by atoms with Gasteiger partial charge in [-0.15, -0.1) is 0 Å². The van der Waals surface area contributed by atoms with E-state index < -0.39 is 6.10 Å². The molecule has 0 aliphatic rings. The lowest BCUT2D eigenvalue weighted by Crippen LogP contribution is -2.44. The zero-order chi connectivity index (χ0) is 15.3. The van der Waals surface area contributed by atoms with Crippen LogP contribution in [-0.4, -0.2) is 28.6 Å². The summed E-state index contributed by atoms with van der Waals surface area (Å²) in [5, 5.41) is 10.6. The Labute approximate surface area is 124 Å². The van der Waals surface area contributed by atoms with Crippen LogP contribution in [0, 0.1) is 5.92 Å². The molecule has 0 saturated heterocycles. The van der Waals surface area contributed by atoms with Crippen LogP contribution in [0.3, 0.4) is 0 Å².